The number of rotatable bonds is 7. The normalized spacial score (nSPS) is 16.9. The molecule has 4 rings (SSSR count). The monoisotopic (exact) mass is 416 g/mol. The van der Waals surface area contributed by atoms with Crippen molar-refractivity contribution in [2.75, 3.05) is 19.8 Å². The standard InChI is InChI=1S/C21H24N2O5S/c1-4-27-21(25)15-10-26-8-7-14(15)16(24)9-17-18(11(2)12(3)29-17)20-22-19(23-28-20)13-5-6-13/h13H,4-10H2,1-3H3. The largest absolute Gasteiger partial charge is 0.463 e. The molecule has 1 aliphatic heterocycles. The van der Waals surface area contributed by atoms with Crippen LogP contribution in [0.15, 0.2) is 15.7 Å². The molecule has 0 N–H and O–H groups in total. The maximum atomic E-state index is 13.1. The van der Waals surface area contributed by atoms with Gasteiger partial charge in [-0.1, -0.05) is 5.16 Å². The predicted molar refractivity (Wildman–Crippen MR) is 107 cm³/mol. The summed E-state index contributed by atoms with van der Waals surface area (Å²) in [5.74, 6) is 1.07. The number of carbonyl (C=O) groups excluding carboxylic acids is 2. The van der Waals surface area contributed by atoms with E-state index >= 15 is 0 Å². The van der Waals surface area contributed by atoms with Gasteiger partial charge in [-0.3, -0.25) is 4.79 Å². The molecule has 0 saturated heterocycles. The fraction of sp³-hybridized carbons (Fsp3) is 0.524. The van der Waals surface area contributed by atoms with Gasteiger partial charge < -0.3 is 14.0 Å². The van der Waals surface area contributed by atoms with Gasteiger partial charge in [0.25, 0.3) is 5.89 Å². The summed E-state index contributed by atoms with van der Waals surface area (Å²) in [5, 5.41) is 4.12. The summed E-state index contributed by atoms with van der Waals surface area (Å²) in [5.41, 5.74) is 2.75. The molecule has 2 aliphatic rings. The van der Waals surface area contributed by atoms with Crippen LogP contribution in [-0.2, 0) is 25.5 Å². The Morgan fingerprint density at radius 2 is 2.03 bits per heavy atom. The van der Waals surface area contributed by atoms with Gasteiger partial charge in [-0.15, -0.1) is 11.3 Å². The van der Waals surface area contributed by atoms with Crippen molar-refractivity contribution in [1.82, 2.24) is 10.1 Å². The highest BCUT2D eigenvalue weighted by atomic mass is 32.1. The molecule has 1 fully saturated rings. The first kappa shape index (κ1) is 20.0. The third kappa shape index (κ3) is 4.04. The summed E-state index contributed by atoms with van der Waals surface area (Å²) in [6.45, 7) is 6.57. The molecule has 154 valence electrons. The molecule has 2 aromatic rings. The lowest BCUT2D eigenvalue weighted by Gasteiger charge is -2.18. The lowest BCUT2D eigenvalue weighted by atomic mass is 9.96. The Balaban J connectivity index is 1.64. The molecule has 1 saturated carbocycles. The first-order valence-corrected chi connectivity index (χ1v) is 10.7. The van der Waals surface area contributed by atoms with Crippen LogP contribution in [0.4, 0.5) is 0 Å². The molecule has 0 radical (unpaired) electrons. The number of ketones is 1. The van der Waals surface area contributed by atoms with Crippen LogP contribution in [0, 0.1) is 13.8 Å². The van der Waals surface area contributed by atoms with Gasteiger partial charge in [-0.05, 0) is 45.6 Å². The predicted octanol–water partition coefficient (Wildman–Crippen LogP) is 3.68. The van der Waals surface area contributed by atoms with E-state index in [4.69, 9.17) is 14.0 Å². The zero-order valence-corrected chi connectivity index (χ0v) is 17.7. The van der Waals surface area contributed by atoms with E-state index in [1.54, 1.807) is 18.3 Å². The fourth-order valence-electron chi connectivity index (χ4n) is 3.49. The van der Waals surface area contributed by atoms with Gasteiger partial charge in [0.1, 0.15) is 0 Å². The van der Waals surface area contributed by atoms with Crippen molar-refractivity contribution in [1.29, 1.82) is 0 Å². The van der Waals surface area contributed by atoms with Crippen molar-refractivity contribution < 1.29 is 23.6 Å². The number of ether oxygens (including phenoxy) is 2. The highest BCUT2D eigenvalue weighted by molar-refractivity contribution is 7.12. The van der Waals surface area contributed by atoms with Crippen molar-refractivity contribution in [3.05, 3.63) is 32.3 Å². The van der Waals surface area contributed by atoms with E-state index < -0.39 is 5.97 Å². The SMILES string of the molecule is CCOC(=O)C1=C(C(=O)Cc2sc(C)c(C)c2-c2nc(C3CC3)no2)CCOC1. The zero-order valence-electron chi connectivity index (χ0n) is 16.9. The molecule has 1 aliphatic carbocycles. The van der Waals surface area contributed by atoms with Crippen LogP contribution in [0.2, 0.25) is 0 Å². The molecular weight excluding hydrogens is 392 g/mol. The maximum Gasteiger partial charge on any atom is 0.336 e. The number of carbonyl (C=O) groups is 2. The van der Waals surface area contributed by atoms with Crippen molar-refractivity contribution in [3.8, 4) is 11.5 Å². The lowest BCUT2D eigenvalue weighted by Crippen LogP contribution is -2.24. The van der Waals surface area contributed by atoms with Crippen LogP contribution in [0.3, 0.4) is 0 Å². The second kappa shape index (κ2) is 8.20. The number of hydrogen-bond acceptors (Lipinski definition) is 8. The van der Waals surface area contributed by atoms with Gasteiger partial charge in [0, 0.05) is 27.7 Å². The van der Waals surface area contributed by atoms with Crippen LogP contribution in [0.5, 0.6) is 0 Å². The number of Topliss-reactive ketones (excluding diaryl/α,β-unsaturated/α-hetero) is 1. The number of aryl methyl sites for hydroxylation is 1. The molecule has 0 bridgehead atoms. The number of aromatic nitrogens is 2. The van der Waals surface area contributed by atoms with Crippen molar-refractivity contribution in [3.63, 3.8) is 0 Å². The molecule has 0 atom stereocenters. The van der Waals surface area contributed by atoms with Gasteiger partial charge in [0.15, 0.2) is 11.6 Å². The maximum absolute atomic E-state index is 13.1. The van der Waals surface area contributed by atoms with Gasteiger partial charge in [-0.25, -0.2) is 4.79 Å². The quantitative estimate of drug-likeness (QED) is 0.636. The van der Waals surface area contributed by atoms with Gasteiger partial charge in [-0.2, -0.15) is 4.98 Å². The zero-order chi connectivity index (χ0) is 20.5. The number of nitrogens with zero attached hydrogens (tertiary/aromatic N) is 2. The molecule has 2 aromatic heterocycles. The lowest BCUT2D eigenvalue weighted by molar-refractivity contribution is -0.140. The van der Waals surface area contributed by atoms with Crippen LogP contribution in [0.1, 0.15) is 53.2 Å². The second-order valence-electron chi connectivity index (χ2n) is 7.39. The number of hydrogen-bond donors (Lipinski definition) is 0. The molecule has 29 heavy (non-hydrogen) atoms. The van der Waals surface area contributed by atoms with Crippen LogP contribution in [-0.4, -0.2) is 41.7 Å². The average molecular weight is 416 g/mol. The van der Waals surface area contributed by atoms with Crippen molar-refractivity contribution in [2.45, 2.75) is 52.4 Å². The third-order valence-electron chi connectivity index (χ3n) is 5.34. The first-order valence-electron chi connectivity index (χ1n) is 9.92. The Hall–Kier alpha value is -2.32. The smallest absolute Gasteiger partial charge is 0.336 e. The molecule has 0 amide bonds. The van der Waals surface area contributed by atoms with E-state index in [-0.39, 0.29) is 25.4 Å². The third-order valence-corrected chi connectivity index (χ3v) is 6.55. The van der Waals surface area contributed by atoms with E-state index in [0.29, 0.717) is 36.0 Å². The minimum Gasteiger partial charge on any atom is -0.463 e. The first-order chi connectivity index (χ1) is 14.0. The highest BCUT2D eigenvalue weighted by Gasteiger charge is 2.31. The summed E-state index contributed by atoms with van der Waals surface area (Å²) < 4.78 is 16.0. The van der Waals surface area contributed by atoms with E-state index in [0.717, 1.165) is 39.5 Å². The van der Waals surface area contributed by atoms with Crippen molar-refractivity contribution in [2.24, 2.45) is 0 Å². The highest BCUT2D eigenvalue weighted by Crippen LogP contribution is 2.41. The topological polar surface area (TPSA) is 91.5 Å². The van der Waals surface area contributed by atoms with Crippen LogP contribution < -0.4 is 0 Å². The summed E-state index contributed by atoms with van der Waals surface area (Å²) in [7, 11) is 0. The number of esters is 1. The van der Waals surface area contributed by atoms with E-state index in [2.05, 4.69) is 10.1 Å². The fourth-order valence-corrected chi connectivity index (χ4v) is 4.66. The number of thiophene rings is 1. The molecule has 0 unspecified atom stereocenters. The molecule has 7 nitrogen and oxygen atoms in total. The molecular formula is C21H24N2O5S. The Morgan fingerprint density at radius 1 is 1.24 bits per heavy atom. The Kier molecular flexibility index (Phi) is 5.65. The summed E-state index contributed by atoms with van der Waals surface area (Å²) in [6.07, 6.45) is 2.80. The van der Waals surface area contributed by atoms with Crippen LogP contribution >= 0.6 is 11.3 Å². The van der Waals surface area contributed by atoms with E-state index in [1.807, 2.05) is 13.8 Å². The van der Waals surface area contributed by atoms with Gasteiger partial charge in [0.2, 0.25) is 0 Å². The minimum atomic E-state index is -0.472. The van der Waals surface area contributed by atoms with E-state index in [9.17, 15) is 9.59 Å². The van der Waals surface area contributed by atoms with Crippen molar-refractivity contribution >= 4 is 23.1 Å². The Bertz CT molecular complexity index is 983. The Labute approximate surface area is 173 Å². The van der Waals surface area contributed by atoms with Gasteiger partial charge >= 0.3 is 5.97 Å². The average Bonchev–Trinajstić information content (AvgIpc) is 3.39. The molecule has 0 spiro atoms. The second-order valence-corrected chi connectivity index (χ2v) is 8.70. The molecule has 0 aromatic carbocycles. The van der Waals surface area contributed by atoms with E-state index in [1.165, 1.54) is 0 Å². The minimum absolute atomic E-state index is 0.0826. The Morgan fingerprint density at radius 3 is 2.76 bits per heavy atom. The summed E-state index contributed by atoms with van der Waals surface area (Å²) in [4.78, 5) is 31.9. The molecule has 3 heterocycles. The summed E-state index contributed by atoms with van der Waals surface area (Å²) in [6, 6.07) is 0. The summed E-state index contributed by atoms with van der Waals surface area (Å²) >= 11 is 1.56. The van der Waals surface area contributed by atoms with Gasteiger partial charge in [0.05, 0.1) is 31.0 Å². The van der Waals surface area contributed by atoms with Crippen LogP contribution in [0.25, 0.3) is 11.5 Å². The molecule has 8 heteroatoms.